The van der Waals surface area contributed by atoms with Crippen LogP contribution in [0.15, 0.2) is 54.9 Å². The number of nitrogens with zero attached hydrogens (tertiary/aromatic N) is 1. The number of esters is 1. The van der Waals surface area contributed by atoms with E-state index in [4.69, 9.17) is 4.74 Å². The van der Waals surface area contributed by atoms with Gasteiger partial charge < -0.3 is 4.74 Å². The van der Waals surface area contributed by atoms with E-state index in [1.807, 2.05) is 36.4 Å². The molecule has 0 N–H and O–H groups in total. The van der Waals surface area contributed by atoms with Gasteiger partial charge >= 0.3 is 5.97 Å². The minimum absolute atomic E-state index is 0.325. The molecule has 2 heterocycles. The zero-order chi connectivity index (χ0) is 19.3. The number of pyridine rings is 1. The zero-order valence-electron chi connectivity index (χ0n) is 15.8. The van der Waals surface area contributed by atoms with Gasteiger partial charge in [0.1, 0.15) is 4.88 Å². The highest BCUT2D eigenvalue weighted by Crippen LogP contribution is 2.38. The molecule has 28 heavy (non-hydrogen) atoms. The quantitative estimate of drug-likeness (QED) is 0.421. The number of aromatic nitrogens is 1. The predicted octanol–water partition coefficient (Wildman–Crippen LogP) is 5.81. The smallest absolute Gasteiger partial charge is 0.348 e. The SMILES string of the molecule is COC(=O)c1sc(-c2ccccc2)cc1-c1ccncc1C#CC1CCCC1. The van der Waals surface area contributed by atoms with Crippen LogP contribution in [-0.4, -0.2) is 18.1 Å². The molecule has 4 heteroatoms. The Labute approximate surface area is 169 Å². The third-order valence-electron chi connectivity index (χ3n) is 5.04. The summed E-state index contributed by atoms with van der Waals surface area (Å²) in [5.74, 6) is 6.88. The molecule has 2 aromatic heterocycles. The average Bonchev–Trinajstić information content (AvgIpc) is 3.42. The monoisotopic (exact) mass is 387 g/mol. The molecule has 0 unspecified atom stereocenters. The van der Waals surface area contributed by atoms with E-state index in [9.17, 15) is 4.79 Å². The van der Waals surface area contributed by atoms with E-state index in [0.717, 1.165) is 27.1 Å². The van der Waals surface area contributed by atoms with Gasteiger partial charge in [0.15, 0.2) is 0 Å². The number of carbonyl (C=O) groups is 1. The second-order valence-electron chi connectivity index (χ2n) is 6.88. The molecular weight excluding hydrogens is 366 g/mol. The number of hydrogen-bond donors (Lipinski definition) is 0. The van der Waals surface area contributed by atoms with Gasteiger partial charge in [-0.25, -0.2) is 4.79 Å². The Morgan fingerprint density at radius 1 is 1.14 bits per heavy atom. The van der Waals surface area contributed by atoms with Gasteiger partial charge in [0.05, 0.1) is 12.7 Å². The van der Waals surface area contributed by atoms with Crippen molar-refractivity contribution in [2.24, 2.45) is 5.92 Å². The summed E-state index contributed by atoms with van der Waals surface area (Å²) in [4.78, 5) is 18.4. The van der Waals surface area contributed by atoms with Crippen molar-refractivity contribution in [3.8, 4) is 33.4 Å². The molecule has 1 aromatic carbocycles. The van der Waals surface area contributed by atoms with Crippen LogP contribution in [0.2, 0.25) is 0 Å². The van der Waals surface area contributed by atoms with Crippen LogP contribution in [0.3, 0.4) is 0 Å². The van der Waals surface area contributed by atoms with Crippen LogP contribution in [0.25, 0.3) is 21.6 Å². The molecule has 3 aromatic rings. The normalized spacial score (nSPS) is 13.8. The predicted molar refractivity (Wildman–Crippen MR) is 113 cm³/mol. The summed E-state index contributed by atoms with van der Waals surface area (Å²) in [6.45, 7) is 0. The number of methoxy groups -OCH3 is 1. The first-order valence-electron chi connectivity index (χ1n) is 9.50. The van der Waals surface area contributed by atoms with Gasteiger partial charge in [0, 0.05) is 34.3 Å². The fraction of sp³-hybridized carbons (Fsp3) is 0.250. The van der Waals surface area contributed by atoms with Crippen LogP contribution in [0, 0.1) is 17.8 Å². The summed E-state index contributed by atoms with van der Waals surface area (Å²) >= 11 is 1.45. The summed E-state index contributed by atoms with van der Waals surface area (Å²) < 4.78 is 5.05. The Morgan fingerprint density at radius 2 is 1.93 bits per heavy atom. The highest BCUT2D eigenvalue weighted by molar-refractivity contribution is 7.17. The number of hydrogen-bond acceptors (Lipinski definition) is 4. The van der Waals surface area contributed by atoms with Gasteiger partial charge in [-0.05, 0) is 30.5 Å². The van der Waals surface area contributed by atoms with E-state index in [-0.39, 0.29) is 5.97 Å². The molecule has 140 valence electrons. The molecule has 4 rings (SSSR count). The first kappa shape index (κ1) is 18.5. The molecule has 1 aliphatic rings. The Hall–Kier alpha value is -2.90. The van der Waals surface area contributed by atoms with E-state index in [1.54, 1.807) is 12.4 Å². The van der Waals surface area contributed by atoms with Gasteiger partial charge in [-0.2, -0.15) is 0 Å². The maximum atomic E-state index is 12.5. The Kier molecular flexibility index (Phi) is 5.55. The first-order valence-corrected chi connectivity index (χ1v) is 10.3. The fourth-order valence-electron chi connectivity index (χ4n) is 3.56. The van der Waals surface area contributed by atoms with Crippen molar-refractivity contribution in [2.45, 2.75) is 25.7 Å². The largest absolute Gasteiger partial charge is 0.465 e. The minimum Gasteiger partial charge on any atom is -0.465 e. The van der Waals surface area contributed by atoms with Gasteiger partial charge in [0.2, 0.25) is 0 Å². The lowest BCUT2D eigenvalue weighted by molar-refractivity contribution is 0.0607. The van der Waals surface area contributed by atoms with Crippen LogP contribution < -0.4 is 0 Å². The molecule has 1 fully saturated rings. The number of carbonyl (C=O) groups excluding carboxylic acids is 1. The van der Waals surface area contributed by atoms with Gasteiger partial charge in [0.25, 0.3) is 0 Å². The zero-order valence-corrected chi connectivity index (χ0v) is 16.6. The van der Waals surface area contributed by atoms with Crippen LogP contribution in [-0.2, 0) is 4.74 Å². The third-order valence-corrected chi connectivity index (χ3v) is 6.20. The maximum absolute atomic E-state index is 12.5. The summed E-state index contributed by atoms with van der Waals surface area (Å²) in [7, 11) is 1.42. The number of thiophene rings is 1. The van der Waals surface area contributed by atoms with Gasteiger partial charge in [-0.15, -0.1) is 11.3 Å². The lowest BCUT2D eigenvalue weighted by Gasteiger charge is -2.05. The van der Waals surface area contributed by atoms with Crippen molar-refractivity contribution in [1.82, 2.24) is 4.98 Å². The van der Waals surface area contributed by atoms with E-state index >= 15 is 0 Å². The van der Waals surface area contributed by atoms with Crippen molar-refractivity contribution in [1.29, 1.82) is 0 Å². The van der Waals surface area contributed by atoms with Crippen LogP contribution >= 0.6 is 11.3 Å². The molecule has 0 radical (unpaired) electrons. The van der Waals surface area contributed by atoms with Crippen LogP contribution in [0.1, 0.15) is 40.9 Å². The molecule has 0 aliphatic heterocycles. The Balaban J connectivity index is 1.80. The maximum Gasteiger partial charge on any atom is 0.348 e. The Bertz CT molecular complexity index is 1040. The highest BCUT2D eigenvalue weighted by Gasteiger charge is 2.21. The van der Waals surface area contributed by atoms with Crippen LogP contribution in [0.5, 0.6) is 0 Å². The minimum atomic E-state index is -0.325. The molecule has 0 saturated heterocycles. The molecule has 1 aliphatic carbocycles. The molecule has 0 atom stereocenters. The van der Waals surface area contributed by atoms with Crippen LogP contribution in [0.4, 0.5) is 0 Å². The summed E-state index contributed by atoms with van der Waals surface area (Å²) in [5, 5.41) is 0. The number of ether oxygens (including phenoxy) is 1. The summed E-state index contributed by atoms with van der Waals surface area (Å²) in [6, 6.07) is 14.1. The lowest BCUT2D eigenvalue weighted by atomic mass is 10.0. The van der Waals surface area contributed by atoms with Crippen molar-refractivity contribution >= 4 is 17.3 Å². The van der Waals surface area contributed by atoms with E-state index in [0.29, 0.717) is 10.8 Å². The fourth-order valence-corrected chi connectivity index (χ4v) is 4.66. The standard InChI is InChI=1S/C24H21NO2S/c1-27-24(26)23-21(15-22(28-23)18-9-3-2-4-10-18)20-13-14-25-16-19(20)12-11-17-7-5-6-8-17/h2-4,9-10,13-17H,5-8H2,1H3. The second-order valence-corrected chi connectivity index (χ2v) is 7.94. The molecule has 0 bridgehead atoms. The van der Waals surface area contributed by atoms with Crippen molar-refractivity contribution in [3.05, 3.63) is 65.3 Å². The highest BCUT2D eigenvalue weighted by atomic mass is 32.1. The Morgan fingerprint density at radius 3 is 2.68 bits per heavy atom. The molecular formula is C24H21NO2S. The molecule has 0 spiro atoms. The van der Waals surface area contributed by atoms with Crippen molar-refractivity contribution < 1.29 is 9.53 Å². The summed E-state index contributed by atoms with van der Waals surface area (Å²) in [6.07, 6.45) is 8.40. The van der Waals surface area contributed by atoms with Gasteiger partial charge in [-0.3, -0.25) is 4.98 Å². The van der Waals surface area contributed by atoms with E-state index in [1.165, 1.54) is 44.1 Å². The van der Waals surface area contributed by atoms with Crippen molar-refractivity contribution in [2.75, 3.05) is 7.11 Å². The summed E-state index contributed by atoms with van der Waals surface area (Å²) in [5.41, 5.74) is 3.72. The number of rotatable bonds is 3. The number of benzene rings is 1. The van der Waals surface area contributed by atoms with E-state index < -0.39 is 0 Å². The van der Waals surface area contributed by atoms with Crippen molar-refractivity contribution in [3.63, 3.8) is 0 Å². The lowest BCUT2D eigenvalue weighted by Crippen LogP contribution is -2.00. The topological polar surface area (TPSA) is 39.2 Å². The van der Waals surface area contributed by atoms with Gasteiger partial charge in [-0.1, -0.05) is 55.0 Å². The first-order chi connectivity index (χ1) is 13.8. The third kappa shape index (κ3) is 3.85. The molecule has 1 saturated carbocycles. The molecule has 3 nitrogen and oxygen atoms in total. The molecule has 0 amide bonds. The average molecular weight is 388 g/mol. The van der Waals surface area contributed by atoms with E-state index in [2.05, 4.69) is 22.9 Å². The second kappa shape index (κ2) is 8.41.